The van der Waals surface area contributed by atoms with Gasteiger partial charge in [-0.2, -0.15) is 0 Å². The predicted molar refractivity (Wildman–Crippen MR) is 144 cm³/mol. The molecule has 2 aliphatic carbocycles. The van der Waals surface area contributed by atoms with Gasteiger partial charge in [-0.15, -0.1) is 0 Å². The average Bonchev–Trinajstić information content (AvgIpc) is 3.46. The van der Waals surface area contributed by atoms with Gasteiger partial charge in [0, 0.05) is 5.92 Å². The van der Waals surface area contributed by atoms with Crippen molar-refractivity contribution >= 4 is 30.7 Å². The zero-order valence-electron chi connectivity index (χ0n) is 19.1. The van der Waals surface area contributed by atoms with Gasteiger partial charge in [0.2, 0.25) is 0 Å². The first-order valence-electron chi connectivity index (χ1n) is 11.7. The third-order valence-corrected chi connectivity index (χ3v) is 9.62. The number of benzene rings is 4. The summed E-state index contributed by atoms with van der Waals surface area (Å²) in [4.78, 5) is 0. The van der Waals surface area contributed by atoms with Crippen molar-refractivity contribution in [2.45, 2.75) is 26.2 Å². The zero-order chi connectivity index (χ0) is 22.4. The Morgan fingerprint density at radius 1 is 0.636 bits per heavy atom. The van der Waals surface area contributed by atoms with Crippen molar-refractivity contribution in [1.29, 1.82) is 0 Å². The summed E-state index contributed by atoms with van der Waals surface area (Å²) >= 11 is 0. The molecular formula is C32H27P. The van der Waals surface area contributed by atoms with Gasteiger partial charge in [0.1, 0.15) is 0 Å². The molecule has 1 unspecified atom stereocenters. The summed E-state index contributed by atoms with van der Waals surface area (Å²) in [5, 5.41) is 4.40. The number of rotatable bonds is 4. The normalized spacial score (nSPS) is 16.4. The number of hydrogen-bond donors (Lipinski definition) is 0. The second-order valence-electron chi connectivity index (χ2n) is 9.13. The Balaban J connectivity index is 1.53. The van der Waals surface area contributed by atoms with Gasteiger partial charge in [0.25, 0.3) is 0 Å². The Kier molecular flexibility index (Phi) is 5.12. The molecule has 0 aromatic heterocycles. The van der Waals surface area contributed by atoms with Gasteiger partial charge in [-0.3, -0.25) is 0 Å². The maximum absolute atomic E-state index is 2.50. The van der Waals surface area contributed by atoms with Crippen LogP contribution in [0.15, 0.2) is 108 Å². The van der Waals surface area contributed by atoms with E-state index in [1.807, 2.05) is 0 Å². The lowest BCUT2D eigenvalue weighted by Gasteiger charge is -2.27. The van der Waals surface area contributed by atoms with Crippen LogP contribution in [-0.4, -0.2) is 0 Å². The van der Waals surface area contributed by atoms with Crippen molar-refractivity contribution in [3.8, 4) is 0 Å². The van der Waals surface area contributed by atoms with E-state index in [9.17, 15) is 0 Å². The molecule has 1 atom stereocenters. The molecule has 160 valence electrons. The van der Waals surface area contributed by atoms with Crippen LogP contribution in [0.1, 0.15) is 39.3 Å². The van der Waals surface area contributed by atoms with Crippen molar-refractivity contribution in [2.24, 2.45) is 0 Å². The molecule has 0 fully saturated rings. The van der Waals surface area contributed by atoms with Gasteiger partial charge in [-0.1, -0.05) is 109 Å². The lowest BCUT2D eigenvalue weighted by molar-refractivity contribution is 0.952. The van der Waals surface area contributed by atoms with E-state index in [1.54, 1.807) is 5.31 Å². The Hall–Kier alpha value is -3.21. The van der Waals surface area contributed by atoms with Crippen LogP contribution >= 0.6 is 7.92 Å². The van der Waals surface area contributed by atoms with Crippen LogP contribution in [-0.2, 0) is 6.42 Å². The SMILES string of the molecule is Cc1ccc(C)c2c1C=C(C1C(P(c3ccccc3)c3ccccc3)=Cc3ccccc31)C2. The molecule has 4 aromatic rings. The number of allylic oxidation sites excluding steroid dienone is 2. The number of fused-ring (bicyclic) bond motifs is 2. The maximum Gasteiger partial charge on any atom is 0.0322 e. The second kappa shape index (κ2) is 8.29. The molecule has 2 aliphatic rings. The number of hydrogen-bond acceptors (Lipinski definition) is 0. The molecule has 0 heterocycles. The van der Waals surface area contributed by atoms with E-state index in [4.69, 9.17) is 0 Å². The summed E-state index contributed by atoms with van der Waals surface area (Å²) < 4.78 is 0. The highest BCUT2D eigenvalue weighted by molar-refractivity contribution is 7.77. The van der Waals surface area contributed by atoms with E-state index in [0.717, 1.165) is 6.42 Å². The van der Waals surface area contributed by atoms with Crippen molar-refractivity contribution < 1.29 is 0 Å². The van der Waals surface area contributed by atoms with Crippen LogP contribution in [0, 0.1) is 13.8 Å². The Morgan fingerprint density at radius 2 is 1.24 bits per heavy atom. The minimum Gasteiger partial charge on any atom is -0.0622 e. The fourth-order valence-corrected chi connectivity index (χ4v) is 8.11. The average molecular weight is 443 g/mol. The molecule has 0 spiro atoms. The third kappa shape index (κ3) is 3.50. The molecule has 0 radical (unpaired) electrons. The molecule has 0 nitrogen and oxygen atoms in total. The molecule has 0 aliphatic heterocycles. The van der Waals surface area contributed by atoms with E-state index in [0.29, 0.717) is 5.92 Å². The van der Waals surface area contributed by atoms with Crippen LogP contribution in [0.3, 0.4) is 0 Å². The molecule has 0 N–H and O–H groups in total. The van der Waals surface area contributed by atoms with Crippen molar-refractivity contribution in [1.82, 2.24) is 0 Å². The lowest BCUT2D eigenvalue weighted by atomic mass is 9.91. The first-order chi connectivity index (χ1) is 16.2. The molecule has 6 rings (SSSR count). The van der Waals surface area contributed by atoms with Gasteiger partial charge >= 0.3 is 0 Å². The summed E-state index contributed by atoms with van der Waals surface area (Å²) in [6, 6.07) is 35.8. The van der Waals surface area contributed by atoms with Crippen LogP contribution < -0.4 is 10.6 Å². The highest BCUT2D eigenvalue weighted by Crippen LogP contribution is 2.58. The van der Waals surface area contributed by atoms with Crippen molar-refractivity contribution in [2.75, 3.05) is 0 Å². The van der Waals surface area contributed by atoms with Gasteiger partial charge in [-0.25, -0.2) is 0 Å². The maximum atomic E-state index is 2.50. The summed E-state index contributed by atoms with van der Waals surface area (Å²) in [5.41, 5.74) is 10.1. The first-order valence-corrected chi connectivity index (χ1v) is 13.0. The van der Waals surface area contributed by atoms with Gasteiger partial charge in [0.15, 0.2) is 0 Å². The molecule has 0 saturated heterocycles. The van der Waals surface area contributed by atoms with Gasteiger partial charge < -0.3 is 0 Å². The molecule has 4 aromatic carbocycles. The van der Waals surface area contributed by atoms with Crippen LogP contribution in [0.5, 0.6) is 0 Å². The van der Waals surface area contributed by atoms with Gasteiger partial charge in [-0.05, 0) is 83.6 Å². The van der Waals surface area contributed by atoms with Crippen molar-refractivity contribution in [3.05, 3.63) is 141 Å². The van der Waals surface area contributed by atoms with Gasteiger partial charge in [0.05, 0.1) is 0 Å². The monoisotopic (exact) mass is 442 g/mol. The first kappa shape index (κ1) is 20.4. The molecular weight excluding hydrogens is 415 g/mol. The summed E-state index contributed by atoms with van der Waals surface area (Å²) in [5.74, 6) is 0.332. The number of aryl methyl sites for hydroxylation is 2. The molecule has 33 heavy (non-hydrogen) atoms. The third-order valence-electron chi connectivity index (χ3n) is 7.08. The standard InChI is InChI=1S/C32H27P/c1-22-17-18-23(2)30-20-25(19-29(22)30)32-28-16-10-9-11-24(28)21-31(32)33(26-12-5-3-6-13-26)27-14-7-4-8-15-27/h3-19,21,32H,20H2,1-2H3. The summed E-state index contributed by atoms with van der Waals surface area (Å²) in [6.45, 7) is 4.51. The minimum absolute atomic E-state index is 0.332. The molecule has 0 bridgehead atoms. The lowest BCUT2D eigenvalue weighted by Crippen LogP contribution is -2.16. The summed E-state index contributed by atoms with van der Waals surface area (Å²) in [7, 11) is -0.625. The van der Waals surface area contributed by atoms with Crippen LogP contribution in [0.4, 0.5) is 0 Å². The fraction of sp³-hybridized carbons (Fsp3) is 0.125. The second-order valence-corrected chi connectivity index (χ2v) is 11.3. The summed E-state index contributed by atoms with van der Waals surface area (Å²) in [6.07, 6.45) is 6.04. The van der Waals surface area contributed by atoms with E-state index >= 15 is 0 Å². The highest BCUT2D eigenvalue weighted by atomic mass is 31.1. The van der Waals surface area contributed by atoms with E-state index in [2.05, 4.69) is 123 Å². The zero-order valence-corrected chi connectivity index (χ0v) is 20.0. The van der Waals surface area contributed by atoms with Crippen LogP contribution in [0.2, 0.25) is 0 Å². The van der Waals surface area contributed by atoms with Crippen molar-refractivity contribution in [3.63, 3.8) is 0 Å². The Labute approximate surface area is 198 Å². The molecule has 0 amide bonds. The largest absolute Gasteiger partial charge is 0.0622 e. The minimum atomic E-state index is -0.625. The highest BCUT2D eigenvalue weighted by Gasteiger charge is 2.36. The fourth-order valence-electron chi connectivity index (χ4n) is 5.44. The van der Waals surface area contributed by atoms with E-state index in [1.165, 1.54) is 49.6 Å². The smallest absolute Gasteiger partial charge is 0.0322 e. The quantitative estimate of drug-likeness (QED) is 0.287. The molecule has 0 saturated carbocycles. The van der Waals surface area contributed by atoms with Crippen LogP contribution in [0.25, 0.3) is 12.2 Å². The Morgan fingerprint density at radius 3 is 1.91 bits per heavy atom. The Bertz CT molecular complexity index is 1350. The molecule has 1 heteroatoms. The van der Waals surface area contributed by atoms with E-state index in [-0.39, 0.29) is 0 Å². The van der Waals surface area contributed by atoms with E-state index < -0.39 is 7.92 Å². The topological polar surface area (TPSA) is 0 Å². The predicted octanol–water partition coefficient (Wildman–Crippen LogP) is 7.51.